The Kier molecular flexibility index (Phi) is 3.39. The molecule has 0 bridgehead atoms. The molecular weight excluding hydrogens is 247 g/mol. The molecule has 0 saturated heterocycles. The first kappa shape index (κ1) is 12.5. The molecule has 3 N–H and O–H groups in total. The quantitative estimate of drug-likeness (QED) is 0.858. The van der Waals surface area contributed by atoms with E-state index >= 15 is 0 Å². The first-order valence-corrected chi connectivity index (χ1v) is 5.32. The van der Waals surface area contributed by atoms with Crippen molar-refractivity contribution in [1.29, 1.82) is 5.26 Å². The van der Waals surface area contributed by atoms with Crippen LogP contribution in [0.1, 0.15) is 15.9 Å². The van der Waals surface area contributed by atoms with Crippen molar-refractivity contribution in [2.24, 2.45) is 0 Å². The molecule has 0 atom stereocenters. The number of nitrogens with one attached hydrogen (secondary N) is 1. The second kappa shape index (κ2) is 5.14. The molecule has 1 heterocycles. The number of hydrogen-bond acceptors (Lipinski definition) is 4. The molecule has 19 heavy (non-hydrogen) atoms. The molecule has 0 aliphatic carbocycles. The normalized spacial score (nSPS) is 9.68. The number of carbonyl (C=O) groups is 1. The van der Waals surface area contributed by atoms with Gasteiger partial charge in [-0.25, -0.2) is 4.39 Å². The van der Waals surface area contributed by atoms with Crippen LogP contribution < -0.4 is 11.1 Å². The van der Waals surface area contributed by atoms with Crippen molar-refractivity contribution in [2.75, 3.05) is 11.1 Å². The zero-order valence-electron chi connectivity index (χ0n) is 9.72. The maximum absolute atomic E-state index is 13.6. The van der Waals surface area contributed by atoms with Crippen molar-refractivity contribution >= 4 is 17.3 Å². The smallest absolute Gasteiger partial charge is 0.257 e. The van der Waals surface area contributed by atoms with Crippen LogP contribution in [0.5, 0.6) is 0 Å². The van der Waals surface area contributed by atoms with E-state index in [0.717, 1.165) is 6.07 Å². The lowest BCUT2D eigenvalue weighted by molar-refractivity contribution is 0.102. The molecule has 94 valence electrons. The number of anilines is 2. The second-order valence-corrected chi connectivity index (χ2v) is 3.72. The summed E-state index contributed by atoms with van der Waals surface area (Å²) in [6.07, 6.45) is 2.75. The number of aromatic nitrogens is 1. The highest BCUT2D eigenvalue weighted by atomic mass is 19.1. The van der Waals surface area contributed by atoms with Gasteiger partial charge in [0.05, 0.1) is 34.8 Å². The Labute approximate surface area is 108 Å². The third-order valence-corrected chi connectivity index (χ3v) is 2.44. The number of pyridine rings is 1. The van der Waals surface area contributed by atoms with E-state index < -0.39 is 11.7 Å². The number of nitrogens with zero attached hydrogens (tertiary/aromatic N) is 2. The summed E-state index contributed by atoms with van der Waals surface area (Å²) in [5.74, 6) is -1.22. The monoisotopic (exact) mass is 256 g/mol. The molecule has 0 spiro atoms. The van der Waals surface area contributed by atoms with Gasteiger partial charge in [-0.05, 0) is 24.3 Å². The Morgan fingerprint density at radius 3 is 2.84 bits per heavy atom. The van der Waals surface area contributed by atoms with E-state index in [1.165, 1.54) is 30.6 Å². The molecular formula is C13H9FN4O. The number of carbonyl (C=O) groups excluding carboxylic acids is 1. The van der Waals surface area contributed by atoms with E-state index in [4.69, 9.17) is 11.0 Å². The number of rotatable bonds is 2. The van der Waals surface area contributed by atoms with Crippen molar-refractivity contribution in [3.05, 3.63) is 53.6 Å². The zero-order valence-corrected chi connectivity index (χ0v) is 9.72. The van der Waals surface area contributed by atoms with E-state index in [1.54, 1.807) is 0 Å². The molecule has 0 aliphatic heterocycles. The summed E-state index contributed by atoms with van der Waals surface area (Å²) < 4.78 is 13.6. The topological polar surface area (TPSA) is 91.8 Å². The maximum atomic E-state index is 13.6. The van der Waals surface area contributed by atoms with Crippen molar-refractivity contribution < 1.29 is 9.18 Å². The minimum atomic E-state index is -0.681. The SMILES string of the molecule is N#Cc1ccc(NC(=O)c2ccncc2N)c(F)c1. The van der Waals surface area contributed by atoms with E-state index in [2.05, 4.69) is 10.3 Å². The Balaban J connectivity index is 2.25. The highest BCUT2D eigenvalue weighted by molar-refractivity contribution is 6.07. The average Bonchev–Trinajstić information content (AvgIpc) is 2.41. The molecule has 0 aliphatic rings. The largest absolute Gasteiger partial charge is 0.397 e. The summed E-state index contributed by atoms with van der Waals surface area (Å²) in [5, 5.41) is 11.0. The number of hydrogen-bond donors (Lipinski definition) is 2. The third-order valence-electron chi connectivity index (χ3n) is 2.44. The summed E-state index contributed by atoms with van der Waals surface area (Å²) >= 11 is 0. The lowest BCUT2D eigenvalue weighted by Gasteiger charge is -2.08. The summed E-state index contributed by atoms with van der Waals surface area (Å²) in [6.45, 7) is 0. The Morgan fingerprint density at radius 1 is 1.42 bits per heavy atom. The van der Waals surface area contributed by atoms with Crippen LogP contribution in [0.4, 0.5) is 15.8 Å². The average molecular weight is 256 g/mol. The Hall–Kier alpha value is -2.94. The van der Waals surface area contributed by atoms with Gasteiger partial charge in [0, 0.05) is 6.20 Å². The number of nitrogens with two attached hydrogens (primary N) is 1. The molecule has 2 rings (SSSR count). The molecule has 6 heteroatoms. The maximum Gasteiger partial charge on any atom is 0.257 e. The van der Waals surface area contributed by atoms with Gasteiger partial charge in [0.1, 0.15) is 5.82 Å². The van der Waals surface area contributed by atoms with Crippen LogP contribution in [-0.2, 0) is 0 Å². The Bertz CT molecular complexity index is 679. The lowest BCUT2D eigenvalue weighted by atomic mass is 10.2. The molecule has 0 unspecified atom stereocenters. The van der Waals surface area contributed by atoms with Crippen LogP contribution in [0.25, 0.3) is 0 Å². The highest BCUT2D eigenvalue weighted by Gasteiger charge is 2.12. The molecule has 1 aromatic carbocycles. The number of benzene rings is 1. The molecule has 5 nitrogen and oxygen atoms in total. The van der Waals surface area contributed by atoms with Crippen LogP contribution in [0.15, 0.2) is 36.7 Å². The standard InChI is InChI=1S/C13H9FN4O/c14-10-5-8(6-15)1-2-12(10)18-13(19)9-3-4-17-7-11(9)16/h1-5,7H,16H2,(H,18,19). The fraction of sp³-hybridized carbons (Fsp3) is 0. The fourth-order valence-corrected chi connectivity index (χ4v) is 1.49. The first-order valence-electron chi connectivity index (χ1n) is 5.32. The lowest BCUT2D eigenvalue weighted by Crippen LogP contribution is -2.15. The van der Waals surface area contributed by atoms with Gasteiger partial charge in [-0.15, -0.1) is 0 Å². The van der Waals surface area contributed by atoms with Crippen molar-refractivity contribution in [2.45, 2.75) is 0 Å². The van der Waals surface area contributed by atoms with Crippen molar-refractivity contribution in [1.82, 2.24) is 4.98 Å². The van der Waals surface area contributed by atoms with E-state index in [9.17, 15) is 9.18 Å². The highest BCUT2D eigenvalue weighted by Crippen LogP contribution is 2.17. The molecule has 2 aromatic rings. The van der Waals surface area contributed by atoms with E-state index in [1.807, 2.05) is 6.07 Å². The van der Waals surface area contributed by atoms with Crippen LogP contribution in [0, 0.1) is 17.1 Å². The van der Waals surface area contributed by atoms with Gasteiger partial charge in [-0.2, -0.15) is 5.26 Å². The summed E-state index contributed by atoms with van der Waals surface area (Å²) in [4.78, 5) is 15.7. The first-order chi connectivity index (χ1) is 9.11. The zero-order chi connectivity index (χ0) is 13.8. The van der Waals surface area contributed by atoms with E-state index in [-0.39, 0.29) is 22.5 Å². The van der Waals surface area contributed by atoms with Gasteiger partial charge in [0.2, 0.25) is 0 Å². The predicted molar refractivity (Wildman–Crippen MR) is 67.7 cm³/mol. The third kappa shape index (κ3) is 2.66. The molecule has 1 amide bonds. The van der Waals surface area contributed by atoms with Gasteiger partial charge in [-0.1, -0.05) is 0 Å². The summed E-state index contributed by atoms with van der Waals surface area (Å²) in [7, 11) is 0. The van der Waals surface area contributed by atoms with Gasteiger partial charge in [0.15, 0.2) is 0 Å². The molecule has 1 aromatic heterocycles. The van der Waals surface area contributed by atoms with Gasteiger partial charge in [0.25, 0.3) is 5.91 Å². The number of nitriles is 1. The molecule has 0 fully saturated rings. The second-order valence-electron chi connectivity index (χ2n) is 3.72. The van der Waals surface area contributed by atoms with Crippen molar-refractivity contribution in [3.8, 4) is 6.07 Å². The van der Waals surface area contributed by atoms with Gasteiger partial charge < -0.3 is 11.1 Å². The van der Waals surface area contributed by atoms with Crippen molar-refractivity contribution in [3.63, 3.8) is 0 Å². The summed E-state index contributed by atoms with van der Waals surface area (Å²) in [5.41, 5.74) is 6.17. The number of amides is 1. The molecule has 0 radical (unpaired) electrons. The van der Waals surface area contributed by atoms with Gasteiger partial charge >= 0.3 is 0 Å². The van der Waals surface area contributed by atoms with Crippen LogP contribution in [0.2, 0.25) is 0 Å². The van der Waals surface area contributed by atoms with E-state index in [0.29, 0.717) is 0 Å². The minimum Gasteiger partial charge on any atom is -0.397 e. The number of halogens is 1. The minimum absolute atomic E-state index is 0.0137. The van der Waals surface area contributed by atoms with Gasteiger partial charge in [-0.3, -0.25) is 9.78 Å². The predicted octanol–water partition coefficient (Wildman–Crippen LogP) is 1.93. The molecule has 0 saturated carbocycles. The number of nitrogen functional groups attached to an aromatic ring is 1. The van der Waals surface area contributed by atoms with Crippen LogP contribution in [-0.4, -0.2) is 10.9 Å². The summed E-state index contributed by atoms with van der Waals surface area (Å²) in [6, 6.07) is 7.03. The Morgan fingerprint density at radius 2 is 2.21 bits per heavy atom. The fourth-order valence-electron chi connectivity index (χ4n) is 1.49. The van der Waals surface area contributed by atoms with Crippen LogP contribution >= 0.6 is 0 Å². The van der Waals surface area contributed by atoms with Crippen LogP contribution in [0.3, 0.4) is 0 Å².